The van der Waals surface area contributed by atoms with Crippen LogP contribution in [0.5, 0.6) is 0 Å². The van der Waals surface area contributed by atoms with Gasteiger partial charge in [0.15, 0.2) is 0 Å². The molecule has 2 aliphatic heterocycles. The molecule has 1 N–H and O–H groups in total. The number of hydrogen-bond donors (Lipinski definition) is 1. The number of nitrogens with one attached hydrogen (secondary N) is 1. The Kier molecular flexibility index (Phi) is 6.11. The van der Waals surface area contributed by atoms with Crippen molar-refractivity contribution in [1.82, 2.24) is 4.31 Å². The lowest BCUT2D eigenvalue weighted by atomic mass is 9.98. The first-order valence-electron chi connectivity index (χ1n) is 10.6. The lowest BCUT2D eigenvalue weighted by Crippen LogP contribution is -2.43. The fraction of sp³-hybridized carbons (Fsp3) is 0.391. The molecule has 0 aliphatic carbocycles. The minimum Gasteiger partial charge on any atom is -0.326 e. The fourth-order valence-corrected chi connectivity index (χ4v) is 5.65. The Hall–Kier alpha value is -2.71. The van der Waals surface area contributed by atoms with E-state index >= 15 is 0 Å². The van der Waals surface area contributed by atoms with Crippen molar-refractivity contribution in [3.63, 3.8) is 0 Å². The summed E-state index contributed by atoms with van der Waals surface area (Å²) in [6.07, 6.45) is 2.72. The van der Waals surface area contributed by atoms with Crippen LogP contribution in [0.25, 0.3) is 0 Å². The van der Waals surface area contributed by atoms with Gasteiger partial charge in [0.2, 0.25) is 21.8 Å². The van der Waals surface area contributed by atoms with E-state index in [1.165, 1.54) is 4.31 Å². The summed E-state index contributed by atoms with van der Waals surface area (Å²) in [4.78, 5) is 26.7. The lowest BCUT2D eigenvalue weighted by Gasteiger charge is -2.31. The zero-order valence-electron chi connectivity index (χ0n) is 17.6. The van der Waals surface area contributed by atoms with Gasteiger partial charge in [0.25, 0.3) is 0 Å². The SMILES string of the molecule is Cc1ccc(S(=O)(=O)N2CCC[C@H](C(=O)Nc3ccc(N4CCCC4=O)cc3)C2)cc1. The number of nitrogens with zero attached hydrogens (tertiary/aromatic N) is 2. The van der Waals surface area contributed by atoms with Crippen LogP contribution in [-0.2, 0) is 19.6 Å². The average molecular weight is 442 g/mol. The number of rotatable bonds is 5. The Morgan fingerprint density at radius 3 is 2.35 bits per heavy atom. The third-order valence-electron chi connectivity index (χ3n) is 5.93. The fourth-order valence-electron chi connectivity index (χ4n) is 4.12. The third-order valence-corrected chi connectivity index (χ3v) is 7.81. The molecule has 164 valence electrons. The molecule has 0 bridgehead atoms. The molecule has 0 radical (unpaired) electrons. The summed E-state index contributed by atoms with van der Waals surface area (Å²) in [5.74, 6) is -0.475. The summed E-state index contributed by atoms with van der Waals surface area (Å²) in [5, 5.41) is 2.90. The number of aryl methyl sites for hydroxylation is 1. The summed E-state index contributed by atoms with van der Waals surface area (Å²) in [6, 6.07) is 14.0. The number of carbonyl (C=O) groups excluding carboxylic acids is 2. The number of benzene rings is 2. The highest BCUT2D eigenvalue weighted by Crippen LogP contribution is 2.26. The Morgan fingerprint density at radius 2 is 1.71 bits per heavy atom. The van der Waals surface area contributed by atoms with Crippen LogP contribution < -0.4 is 10.2 Å². The Bertz CT molecular complexity index is 1070. The van der Waals surface area contributed by atoms with Crippen molar-refractivity contribution in [2.75, 3.05) is 29.9 Å². The van der Waals surface area contributed by atoms with Crippen LogP contribution >= 0.6 is 0 Å². The number of amides is 2. The van der Waals surface area contributed by atoms with E-state index in [0.29, 0.717) is 31.5 Å². The topological polar surface area (TPSA) is 86.8 Å². The maximum Gasteiger partial charge on any atom is 0.243 e. The molecule has 0 spiro atoms. The van der Waals surface area contributed by atoms with Gasteiger partial charge in [-0.1, -0.05) is 17.7 Å². The van der Waals surface area contributed by atoms with E-state index in [-0.39, 0.29) is 23.3 Å². The largest absolute Gasteiger partial charge is 0.326 e. The molecule has 8 heteroatoms. The van der Waals surface area contributed by atoms with Crippen LogP contribution in [0.4, 0.5) is 11.4 Å². The van der Waals surface area contributed by atoms with E-state index < -0.39 is 15.9 Å². The van der Waals surface area contributed by atoms with Crippen LogP contribution in [0.1, 0.15) is 31.2 Å². The smallest absolute Gasteiger partial charge is 0.243 e. The average Bonchev–Trinajstić information content (AvgIpc) is 3.20. The molecule has 1 atom stereocenters. The molecule has 2 amide bonds. The normalized spacial score (nSPS) is 20.1. The van der Waals surface area contributed by atoms with Crippen LogP contribution in [0, 0.1) is 12.8 Å². The first-order chi connectivity index (χ1) is 14.8. The van der Waals surface area contributed by atoms with Crippen molar-refractivity contribution >= 4 is 33.2 Å². The molecule has 31 heavy (non-hydrogen) atoms. The molecule has 2 aromatic rings. The monoisotopic (exact) mass is 441 g/mol. The van der Waals surface area contributed by atoms with Gasteiger partial charge in [0.1, 0.15) is 0 Å². The molecular formula is C23H27N3O4S. The number of hydrogen-bond acceptors (Lipinski definition) is 4. The molecule has 2 aromatic carbocycles. The van der Waals surface area contributed by atoms with Crippen molar-refractivity contribution in [2.24, 2.45) is 5.92 Å². The number of carbonyl (C=O) groups is 2. The van der Waals surface area contributed by atoms with Crippen LogP contribution in [-0.4, -0.2) is 44.2 Å². The molecule has 2 saturated heterocycles. The summed E-state index contributed by atoms with van der Waals surface area (Å²) >= 11 is 0. The van der Waals surface area contributed by atoms with Gasteiger partial charge in [0, 0.05) is 37.4 Å². The Morgan fingerprint density at radius 1 is 1.00 bits per heavy atom. The molecule has 2 fully saturated rings. The van der Waals surface area contributed by atoms with Crippen molar-refractivity contribution < 1.29 is 18.0 Å². The number of sulfonamides is 1. The van der Waals surface area contributed by atoms with Gasteiger partial charge in [-0.2, -0.15) is 4.31 Å². The zero-order valence-corrected chi connectivity index (χ0v) is 18.4. The molecule has 4 rings (SSSR count). The minimum atomic E-state index is -3.62. The Labute approximate surface area is 183 Å². The van der Waals surface area contributed by atoms with Crippen molar-refractivity contribution in [2.45, 2.75) is 37.5 Å². The van der Waals surface area contributed by atoms with Gasteiger partial charge >= 0.3 is 0 Å². The second-order valence-electron chi connectivity index (χ2n) is 8.20. The van der Waals surface area contributed by atoms with Gasteiger partial charge < -0.3 is 10.2 Å². The molecule has 0 saturated carbocycles. The zero-order chi connectivity index (χ0) is 22.0. The first-order valence-corrected chi connectivity index (χ1v) is 12.1. The first kappa shape index (κ1) is 21.5. The van der Waals surface area contributed by atoms with E-state index in [0.717, 1.165) is 24.2 Å². The highest BCUT2D eigenvalue weighted by molar-refractivity contribution is 7.89. The predicted octanol–water partition coefficient (Wildman–Crippen LogP) is 3.16. The second kappa shape index (κ2) is 8.80. The highest BCUT2D eigenvalue weighted by Gasteiger charge is 2.33. The molecule has 0 aromatic heterocycles. The van der Waals surface area contributed by atoms with E-state index in [2.05, 4.69) is 5.32 Å². The van der Waals surface area contributed by atoms with Gasteiger partial charge in [-0.25, -0.2) is 8.42 Å². The number of piperidine rings is 1. The molecule has 7 nitrogen and oxygen atoms in total. The third kappa shape index (κ3) is 4.65. The molecule has 2 heterocycles. The quantitative estimate of drug-likeness (QED) is 0.772. The lowest BCUT2D eigenvalue weighted by molar-refractivity contribution is -0.121. The van der Waals surface area contributed by atoms with Crippen molar-refractivity contribution in [3.05, 3.63) is 54.1 Å². The second-order valence-corrected chi connectivity index (χ2v) is 10.1. The van der Waals surface area contributed by atoms with Crippen LogP contribution in [0.3, 0.4) is 0 Å². The van der Waals surface area contributed by atoms with Gasteiger partial charge in [0.05, 0.1) is 10.8 Å². The molecular weight excluding hydrogens is 414 g/mol. The van der Waals surface area contributed by atoms with Gasteiger partial charge in [-0.05, 0) is 62.6 Å². The summed E-state index contributed by atoms with van der Waals surface area (Å²) < 4.78 is 27.4. The molecule has 0 unspecified atom stereocenters. The van der Waals surface area contributed by atoms with Crippen molar-refractivity contribution in [3.8, 4) is 0 Å². The summed E-state index contributed by atoms with van der Waals surface area (Å²) in [5.41, 5.74) is 2.46. The van der Waals surface area contributed by atoms with Gasteiger partial charge in [-0.15, -0.1) is 0 Å². The van der Waals surface area contributed by atoms with E-state index in [9.17, 15) is 18.0 Å². The summed E-state index contributed by atoms with van der Waals surface area (Å²) in [6.45, 7) is 3.21. The van der Waals surface area contributed by atoms with Crippen LogP contribution in [0.15, 0.2) is 53.4 Å². The van der Waals surface area contributed by atoms with E-state index in [4.69, 9.17) is 0 Å². The minimum absolute atomic E-state index is 0.119. The standard InChI is InChI=1S/C23H27N3O4S/c1-17-6-12-21(13-7-17)31(29,30)25-14-2-4-18(16-25)23(28)24-19-8-10-20(11-9-19)26-15-3-5-22(26)27/h6-13,18H,2-5,14-16H2,1H3,(H,24,28)/t18-/m0/s1. The van der Waals surface area contributed by atoms with E-state index in [1.54, 1.807) is 41.3 Å². The summed E-state index contributed by atoms with van der Waals surface area (Å²) in [7, 11) is -3.62. The van der Waals surface area contributed by atoms with Crippen LogP contribution in [0.2, 0.25) is 0 Å². The van der Waals surface area contributed by atoms with Crippen molar-refractivity contribution in [1.29, 1.82) is 0 Å². The van der Waals surface area contributed by atoms with E-state index in [1.807, 2.05) is 19.1 Å². The maximum atomic E-state index is 13.0. The molecule has 2 aliphatic rings. The Balaban J connectivity index is 1.41. The number of anilines is 2. The predicted molar refractivity (Wildman–Crippen MR) is 119 cm³/mol. The maximum absolute atomic E-state index is 13.0. The highest BCUT2D eigenvalue weighted by atomic mass is 32.2. The van der Waals surface area contributed by atoms with Gasteiger partial charge in [-0.3, -0.25) is 9.59 Å².